The summed E-state index contributed by atoms with van der Waals surface area (Å²) < 4.78 is 0. The van der Waals surface area contributed by atoms with E-state index >= 15 is 0 Å². The van der Waals surface area contributed by atoms with Crippen LogP contribution in [0.4, 0.5) is 0 Å². The molecule has 0 atom stereocenters. The van der Waals surface area contributed by atoms with Crippen molar-refractivity contribution in [2.24, 2.45) is 0 Å². The van der Waals surface area contributed by atoms with Gasteiger partial charge in [-0.3, -0.25) is 4.79 Å². The van der Waals surface area contributed by atoms with E-state index in [1.165, 1.54) is 0 Å². The fourth-order valence-electron chi connectivity index (χ4n) is 1.41. The molecule has 1 nitrogen and oxygen atoms in total. The second kappa shape index (κ2) is 4.32. The molecule has 2 aromatic rings. The molecule has 0 aliphatic rings. The summed E-state index contributed by atoms with van der Waals surface area (Å²) in [6.07, 6.45) is 0. The van der Waals surface area contributed by atoms with Crippen LogP contribution < -0.4 is 0 Å². The van der Waals surface area contributed by atoms with E-state index in [0.717, 1.165) is 0 Å². The van der Waals surface area contributed by atoms with Gasteiger partial charge in [0.1, 0.15) is 0 Å². The van der Waals surface area contributed by atoms with Gasteiger partial charge in [-0.2, -0.15) is 0 Å². The lowest BCUT2D eigenvalue weighted by molar-refractivity contribution is 0.103. The molecule has 15 heavy (non-hydrogen) atoms. The van der Waals surface area contributed by atoms with Crippen LogP contribution in [0.2, 0.25) is 0 Å². The smallest absolute Gasteiger partial charge is 0.194 e. The average Bonchev–Trinajstić information content (AvgIpc) is 2.30. The highest BCUT2D eigenvalue weighted by Gasteiger charge is 2.10. The number of hydrogen-bond acceptors (Lipinski definition) is 2. The van der Waals surface area contributed by atoms with E-state index in [0.29, 0.717) is 16.0 Å². The Balaban J connectivity index is 2.42. The molecule has 2 heteroatoms. The summed E-state index contributed by atoms with van der Waals surface area (Å²) in [6, 6.07) is 16.5. The topological polar surface area (TPSA) is 17.1 Å². The van der Waals surface area contributed by atoms with Gasteiger partial charge in [-0.1, -0.05) is 42.5 Å². The van der Waals surface area contributed by atoms with Gasteiger partial charge in [0, 0.05) is 16.0 Å². The number of ketones is 1. The number of hydrogen-bond donors (Lipinski definition) is 1. The second-order valence-electron chi connectivity index (χ2n) is 3.21. The Morgan fingerprint density at radius 2 is 1.47 bits per heavy atom. The number of benzene rings is 2. The lowest BCUT2D eigenvalue weighted by Crippen LogP contribution is -2.01. The predicted molar refractivity (Wildman–Crippen MR) is 63.6 cm³/mol. The first-order valence-electron chi connectivity index (χ1n) is 4.67. The van der Waals surface area contributed by atoms with Gasteiger partial charge in [0.25, 0.3) is 0 Å². The normalized spacial score (nSPS) is 9.93. The van der Waals surface area contributed by atoms with E-state index in [4.69, 9.17) is 0 Å². The second-order valence-corrected chi connectivity index (χ2v) is 3.69. The highest BCUT2D eigenvalue weighted by Crippen LogP contribution is 2.17. The van der Waals surface area contributed by atoms with Crippen molar-refractivity contribution >= 4 is 18.4 Å². The van der Waals surface area contributed by atoms with Crippen LogP contribution in [0.3, 0.4) is 0 Å². The molecule has 0 spiro atoms. The van der Waals surface area contributed by atoms with E-state index in [2.05, 4.69) is 12.6 Å². The maximum Gasteiger partial charge on any atom is 0.194 e. The van der Waals surface area contributed by atoms with Gasteiger partial charge in [-0.15, -0.1) is 12.6 Å². The zero-order chi connectivity index (χ0) is 10.7. The summed E-state index contributed by atoms with van der Waals surface area (Å²) in [5.74, 6) is 0.0150. The van der Waals surface area contributed by atoms with Crippen molar-refractivity contribution < 1.29 is 4.79 Å². The van der Waals surface area contributed by atoms with Crippen LogP contribution in [0.15, 0.2) is 59.5 Å². The Hall–Kier alpha value is -1.54. The van der Waals surface area contributed by atoms with Crippen LogP contribution in [0, 0.1) is 0 Å². The minimum Gasteiger partial charge on any atom is -0.289 e. The molecule has 0 aromatic heterocycles. The Morgan fingerprint density at radius 1 is 0.867 bits per heavy atom. The summed E-state index contributed by atoms with van der Waals surface area (Å²) in [4.78, 5) is 12.7. The van der Waals surface area contributed by atoms with Gasteiger partial charge in [-0.25, -0.2) is 0 Å². The minimum atomic E-state index is 0.0150. The average molecular weight is 214 g/mol. The Bertz CT molecular complexity index is 477. The molecule has 2 aromatic carbocycles. The van der Waals surface area contributed by atoms with Crippen molar-refractivity contribution in [3.63, 3.8) is 0 Å². The number of carbonyl (C=O) groups excluding carboxylic acids is 1. The Morgan fingerprint density at radius 3 is 2.13 bits per heavy atom. The molecule has 0 aliphatic carbocycles. The highest BCUT2D eigenvalue weighted by molar-refractivity contribution is 7.80. The van der Waals surface area contributed by atoms with Crippen molar-refractivity contribution in [2.45, 2.75) is 4.90 Å². The SMILES string of the molecule is O=C(c1ccccc1)c1ccccc1S. The summed E-state index contributed by atoms with van der Waals surface area (Å²) in [5, 5.41) is 0. The summed E-state index contributed by atoms with van der Waals surface area (Å²) in [6.45, 7) is 0. The lowest BCUT2D eigenvalue weighted by Gasteiger charge is -2.03. The number of rotatable bonds is 2. The third kappa shape index (κ3) is 2.10. The summed E-state index contributed by atoms with van der Waals surface area (Å²) >= 11 is 4.27. The van der Waals surface area contributed by atoms with E-state index in [-0.39, 0.29) is 5.78 Å². The van der Waals surface area contributed by atoms with Crippen LogP contribution >= 0.6 is 12.6 Å². The maximum absolute atomic E-state index is 12.0. The molecule has 0 fully saturated rings. The van der Waals surface area contributed by atoms with Gasteiger partial charge in [-0.05, 0) is 12.1 Å². The van der Waals surface area contributed by atoms with Crippen molar-refractivity contribution in [1.82, 2.24) is 0 Å². The first-order valence-corrected chi connectivity index (χ1v) is 5.11. The molecule has 0 unspecified atom stereocenters. The Kier molecular flexibility index (Phi) is 2.88. The van der Waals surface area contributed by atoms with Crippen molar-refractivity contribution in [3.8, 4) is 0 Å². The van der Waals surface area contributed by atoms with E-state index in [1.807, 2.05) is 48.5 Å². The monoisotopic (exact) mass is 214 g/mol. The van der Waals surface area contributed by atoms with E-state index in [1.54, 1.807) is 6.07 Å². The third-order valence-corrected chi connectivity index (χ3v) is 2.57. The van der Waals surface area contributed by atoms with Gasteiger partial charge in [0.15, 0.2) is 5.78 Å². The number of carbonyl (C=O) groups is 1. The zero-order valence-corrected chi connectivity index (χ0v) is 8.95. The molecule has 0 radical (unpaired) electrons. The predicted octanol–water partition coefficient (Wildman–Crippen LogP) is 3.21. The molecule has 2 rings (SSSR count). The zero-order valence-electron chi connectivity index (χ0n) is 8.05. The molecule has 0 amide bonds. The van der Waals surface area contributed by atoms with Crippen molar-refractivity contribution in [1.29, 1.82) is 0 Å². The molecular weight excluding hydrogens is 204 g/mol. The standard InChI is InChI=1S/C13H10OS/c14-13(10-6-2-1-3-7-10)11-8-4-5-9-12(11)15/h1-9,15H. The molecule has 0 aliphatic heterocycles. The molecular formula is C13H10OS. The molecule has 0 saturated carbocycles. The van der Waals surface area contributed by atoms with E-state index in [9.17, 15) is 4.79 Å². The van der Waals surface area contributed by atoms with Crippen LogP contribution in [0.1, 0.15) is 15.9 Å². The van der Waals surface area contributed by atoms with Gasteiger partial charge < -0.3 is 0 Å². The Labute approximate surface area is 94.2 Å². The van der Waals surface area contributed by atoms with Crippen molar-refractivity contribution in [3.05, 3.63) is 65.7 Å². The van der Waals surface area contributed by atoms with Crippen LogP contribution in [-0.4, -0.2) is 5.78 Å². The van der Waals surface area contributed by atoms with Crippen LogP contribution in [-0.2, 0) is 0 Å². The van der Waals surface area contributed by atoms with E-state index < -0.39 is 0 Å². The summed E-state index contributed by atoms with van der Waals surface area (Å²) in [7, 11) is 0. The summed E-state index contributed by atoms with van der Waals surface area (Å²) in [5.41, 5.74) is 1.34. The molecule has 0 heterocycles. The largest absolute Gasteiger partial charge is 0.289 e. The molecule has 0 N–H and O–H groups in total. The van der Waals surface area contributed by atoms with Gasteiger partial charge in [0.05, 0.1) is 0 Å². The van der Waals surface area contributed by atoms with Gasteiger partial charge in [0.2, 0.25) is 0 Å². The fraction of sp³-hybridized carbons (Fsp3) is 0. The van der Waals surface area contributed by atoms with Gasteiger partial charge >= 0.3 is 0 Å². The first-order chi connectivity index (χ1) is 7.29. The third-order valence-electron chi connectivity index (χ3n) is 2.18. The van der Waals surface area contributed by atoms with Crippen LogP contribution in [0.25, 0.3) is 0 Å². The first kappa shape index (κ1) is 9.99. The molecule has 0 saturated heterocycles. The highest BCUT2D eigenvalue weighted by atomic mass is 32.1. The quantitative estimate of drug-likeness (QED) is 0.600. The van der Waals surface area contributed by atoms with Crippen LogP contribution in [0.5, 0.6) is 0 Å². The maximum atomic E-state index is 12.0. The minimum absolute atomic E-state index is 0.0150. The molecule has 74 valence electrons. The number of thiol groups is 1. The fourth-order valence-corrected chi connectivity index (χ4v) is 1.67. The molecule has 0 bridgehead atoms. The lowest BCUT2D eigenvalue weighted by atomic mass is 10.0. The van der Waals surface area contributed by atoms with Crippen molar-refractivity contribution in [2.75, 3.05) is 0 Å².